The summed E-state index contributed by atoms with van der Waals surface area (Å²) in [6.45, 7) is 8.92. The van der Waals surface area contributed by atoms with E-state index in [9.17, 15) is 0 Å². The van der Waals surface area contributed by atoms with Crippen LogP contribution in [0.4, 0.5) is 5.69 Å². The van der Waals surface area contributed by atoms with Crippen molar-refractivity contribution >= 4 is 5.69 Å². The Bertz CT molecular complexity index is 280. The molecule has 0 aromatic heterocycles. The second-order valence-electron chi connectivity index (χ2n) is 4.13. The van der Waals surface area contributed by atoms with Gasteiger partial charge in [0, 0.05) is 11.7 Å². The van der Waals surface area contributed by atoms with Gasteiger partial charge in [-0.25, -0.2) is 0 Å². The summed E-state index contributed by atoms with van der Waals surface area (Å²) in [5, 5.41) is 3.56. The number of aryl methyl sites for hydroxylation is 1. The molecule has 0 saturated heterocycles. The molecule has 1 N–H and O–H groups in total. The normalized spacial score (nSPS) is 14.9. The van der Waals surface area contributed by atoms with Gasteiger partial charge in [0.05, 0.1) is 0 Å². The molecule has 1 aromatic carbocycles. The first-order chi connectivity index (χ1) is 6.65. The summed E-state index contributed by atoms with van der Waals surface area (Å²) in [7, 11) is 0. The Morgan fingerprint density at radius 2 is 1.86 bits per heavy atom. The van der Waals surface area contributed by atoms with E-state index in [-0.39, 0.29) is 0 Å². The molecule has 1 heteroatoms. The lowest BCUT2D eigenvalue weighted by Crippen LogP contribution is -2.23. The van der Waals surface area contributed by atoms with Gasteiger partial charge in [0.15, 0.2) is 0 Å². The fourth-order valence-electron chi connectivity index (χ4n) is 1.48. The summed E-state index contributed by atoms with van der Waals surface area (Å²) in [6, 6.07) is 8.99. The van der Waals surface area contributed by atoms with Gasteiger partial charge in [0.25, 0.3) is 0 Å². The molecule has 0 bridgehead atoms. The number of hydrogen-bond acceptors (Lipinski definition) is 1. The Morgan fingerprint density at radius 3 is 2.43 bits per heavy atom. The average Bonchev–Trinajstić information content (AvgIpc) is 2.20. The van der Waals surface area contributed by atoms with Crippen LogP contribution in [0, 0.1) is 12.8 Å². The minimum absolute atomic E-state index is 0.543. The van der Waals surface area contributed by atoms with Crippen molar-refractivity contribution in [3.63, 3.8) is 0 Å². The highest BCUT2D eigenvalue weighted by atomic mass is 14.9. The lowest BCUT2D eigenvalue weighted by Gasteiger charge is -2.22. The lowest BCUT2D eigenvalue weighted by molar-refractivity contribution is 0.494. The zero-order valence-electron chi connectivity index (χ0n) is 9.67. The van der Waals surface area contributed by atoms with Crippen LogP contribution in [0.3, 0.4) is 0 Å². The third-order valence-corrected chi connectivity index (χ3v) is 3.03. The van der Waals surface area contributed by atoms with Crippen LogP contribution < -0.4 is 5.32 Å². The summed E-state index contributed by atoms with van der Waals surface area (Å²) in [5.74, 6) is 0.717. The Kier molecular flexibility index (Phi) is 3.99. The first kappa shape index (κ1) is 11.1. The maximum Gasteiger partial charge on any atom is 0.0372 e. The number of benzene rings is 1. The van der Waals surface area contributed by atoms with E-state index < -0.39 is 0 Å². The topological polar surface area (TPSA) is 12.0 Å². The molecule has 0 aliphatic heterocycles. The van der Waals surface area contributed by atoms with Crippen LogP contribution in [0.15, 0.2) is 24.3 Å². The highest BCUT2D eigenvalue weighted by molar-refractivity contribution is 5.50. The van der Waals surface area contributed by atoms with Crippen molar-refractivity contribution in [1.82, 2.24) is 0 Å². The number of hydrogen-bond donors (Lipinski definition) is 1. The van der Waals surface area contributed by atoms with Crippen LogP contribution in [0.2, 0.25) is 0 Å². The number of anilines is 1. The molecule has 1 nitrogen and oxygen atoms in total. The summed E-state index contributed by atoms with van der Waals surface area (Å²) in [6.07, 6.45) is 1.22. The molecule has 0 unspecified atom stereocenters. The van der Waals surface area contributed by atoms with Crippen molar-refractivity contribution in [2.75, 3.05) is 5.32 Å². The molecule has 0 spiro atoms. The molecular formula is C13H21N. The minimum atomic E-state index is 0.543. The Labute approximate surface area is 87.5 Å². The second kappa shape index (κ2) is 5.04. The summed E-state index contributed by atoms with van der Waals surface area (Å²) in [5.41, 5.74) is 2.59. The van der Waals surface area contributed by atoms with Crippen LogP contribution >= 0.6 is 0 Å². The van der Waals surface area contributed by atoms with Gasteiger partial charge in [-0.15, -0.1) is 0 Å². The smallest absolute Gasteiger partial charge is 0.0372 e. The second-order valence-corrected chi connectivity index (χ2v) is 4.13. The molecule has 1 rings (SSSR count). The van der Waals surface area contributed by atoms with E-state index >= 15 is 0 Å². The highest BCUT2D eigenvalue weighted by Gasteiger charge is 2.09. The molecule has 14 heavy (non-hydrogen) atoms. The van der Waals surface area contributed by atoms with Crippen molar-refractivity contribution in [3.05, 3.63) is 29.8 Å². The number of nitrogens with one attached hydrogen (secondary N) is 1. The van der Waals surface area contributed by atoms with Gasteiger partial charge < -0.3 is 5.32 Å². The molecule has 0 heterocycles. The van der Waals surface area contributed by atoms with Gasteiger partial charge in [-0.05, 0) is 31.4 Å². The highest BCUT2D eigenvalue weighted by Crippen LogP contribution is 2.18. The van der Waals surface area contributed by atoms with Gasteiger partial charge in [-0.2, -0.15) is 0 Å². The zero-order valence-corrected chi connectivity index (χ0v) is 9.67. The molecule has 0 radical (unpaired) electrons. The maximum absolute atomic E-state index is 3.56. The van der Waals surface area contributed by atoms with E-state index in [1.807, 2.05) is 0 Å². The minimum Gasteiger partial charge on any atom is -0.382 e. The zero-order chi connectivity index (χ0) is 10.6. The molecular weight excluding hydrogens is 170 g/mol. The van der Waals surface area contributed by atoms with Crippen molar-refractivity contribution in [2.45, 2.75) is 40.2 Å². The van der Waals surface area contributed by atoms with Gasteiger partial charge in [0.2, 0.25) is 0 Å². The molecule has 0 aliphatic carbocycles. The van der Waals surface area contributed by atoms with E-state index in [0.717, 1.165) is 5.92 Å². The summed E-state index contributed by atoms with van der Waals surface area (Å²) in [4.78, 5) is 0. The van der Waals surface area contributed by atoms with E-state index in [2.05, 4.69) is 57.3 Å². The molecule has 1 aromatic rings. The predicted octanol–water partition coefficient (Wildman–Crippen LogP) is 3.84. The van der Waals surface area contributed by atoms with Gasteiger partial charge in [0.1, 0.15) is 0 Å². The largest absolute Gasteiger partial charge is 0.382 e. The molecule has 0 aliphatic rings. The molecule has 78 valence electrons. The van der Waals surface area contributed by atoms with Crippen molar-refractivity contribution < 1.29 is 0 Å². The SMILES string of the molecule is CC[C@H](C)[C@@H](C)Nc1ccccc1C. The average molecular weight is 191 g/mol. The molecule has 0 amide bonds. The van der Waals surface area contributed by atoms with Crippen LogP contribution in [0.5, 0.6) is 0 Å². The van der Waals surface area contributed by atoms with Crippen molar-refractivity contribution in [2.24, 2.45) is 5.92 Å². The lowest BCUT2D eigenvalue weighted by atomic mass is 10.0. The van der Waals surface area contributed by atoms with Crippen molar-refractivity contribution in [3.8, 4) is 0 Å². The van der Waals surface area contributed by atoms with Crippen LogP contribution in [0.25, 0.3) is 0 Å². The maximum atomic E-state index is 3.56. The fourth-order valence-corrected chi connectivity index (χ4v) is 1.48. The summed E-state index contributed by atoms with van der Waals surface area (Å²) < 4.78 is 0. The van der Waals surface area contributed by atoms with E-state index in [1.165, 1.54) is 17.7 Å². The standard InChI is InChI=1S/C13H21N/c1-5-10(2)12(4)14-13-9-7-6-8-11(13)3/h6-10,12,14H,5H2,1-4H3/t10-,12+/m0/s1. The van der Waals surface area contributed by atoms with E-state index in [4.69, 9.17) is 0 Å². The van der Waals surface area contributed by atoms with Gasteiger partial charge >= 0.3 is 0 Å². The third kappa shape index (κ3) is 2.76. The quantitative estimate of drug-likeness (QED) is 0.762. The number of rotatable bonds is 4. The monoisotopic (exact) mass is 191 g/mol. The summed E-state index contributed by atoms with van der Waals surface area (Å²) >= 11 is 0. The van der Waals surface area contributed by atoms with Crippen molar-refractivity contribution in [1.29, 1.82) is 0 Å². The van der Waals surface area contributed by atoms with E-state index in [1.54, 1.807) is 0 Å². The number of para-hydroxylation sites is 1. The Morgan fingerprint density at radius 1 is 1.21 bits per heavy atom. The first-order valence-electron chi connectivity index (χ1n) is 5.47. The predicted molar refractivity (Wildman–Crippen MR) is 63.7 cm³/mol. The van der Waals surface area contributed by atoms with Crippen LogP contribution in [0.1, 0.15) is 32.8 Å². The van der Waals surface area contributed by atoms with Gasteiger partial charge in [-0.3, -0.25) is 0 Å². The van der Waals surface area contributed by atoms with Crippen LogP contribution in [-0.2, 0) is 0 Å². The molecule has 0 fully saturated rings. The Hall–Kier alpha value is -0.980. The molecule has 2 atom stereocenters. The van der Waals surface area contributed by atoms with Crippen LogP contribution in [-0.4, -0.2) is 6.04 Å². The van der Waals surface area contributed by atoms with Gasteiger partial charge in [-0.1, -0.05) is 38.5 Å². The third-order valence-electron chi connectivity index (χ3n) is 3.03. The molecule has 0 saturated carbocycles. The fraction of sp³-hybridized carbons (Fsp3) is 0.538. The van der Waals surface area contributed by atoms with E-state index in [0.29, 0.717) is 6.04 Å². The first-order valence-corrected chi connectivity index (χ1v) is 5.47. The Balaban J connectivity index is 2.64.